The maximum absolute atomic E-state index is 12.4. The Morgan fingerprint density at radius 2 is 1.69 bits per heavy atom. The molecule has 0 rings (SSSR count). The van der Waals surface area contributed by atoms with Gasteiger partial charge in [-0.1, -0.05) is 0 Å². The van der Waals surface area contributed by atoms with Gasteiger partial charge in [-0.15, -0.1) is 0 Å². The second-order valence-corrected chi connectivity index (χ2v) is 2.06. The lowest BCUT2D eigenvalue weighted by molar-refractivity contribution is -0.254. The molecule has 0 aliphatic rings. The molecule has 0 heterocycles. The van der Waals surface area contributed by atoms with Crippen LogP contribution in [0.2, 0.25) is 0 Å². The van der Waals surface area contributed by atoms with Gasteiger partial charge >= 0.3 is 12.1 Å². The van der Waals surface area contributed by atoms with Crippen molar-refractivity contribution in [3.05, 3.63) is 0 Å². The summed E-state index contributed by atoms with van der Waals surface area (Å²) < 4.78 is 63.7. The highest BCUT2D eigenvalue weighted by atomic mass is 19.4. The third kappa shape index (κ3) is 2.53. The number of nitrogens with zero attached hydrogens (tertiary/aromatic N) is 1. The van der Waals surface area contributed by atoms with Crippen LogP contribution < -0.4 is 0 Å². The van der Waals surface area contributed by atoms with Crippen LogP contribution in [-0.4, -0.2) is 31.7 Å². The summed E-state index contributed by atoms with van der Waals surface area (Å²) in [5, 5.41) is 0. The average Bonchev–Trinajstić information content (AvgIpc) is 1.97. The number of alkyl halides is 5. The Kier molecular flexibility index (Phi) is 3.62. The smallest absolute Gasteiger partial charge is 0.463 e. The molecule has 0 aromatic carbocycles. The Labute approximate surface area is 71.4 Å². The van der Waals surface area contributed by atoms with Gasteiger partial charge in [0, 0.05) is 6.54 Å². The number of aliphatic imine (C=N–C) groups is 1. The van der Waals surface area contributed by atoms with Crippen molar-refractivity contribution in [2.24, 2.45) is 4.99 Å². The Balaban J connectivity index is 4.89. The number of rotatable bonds is 2. The fourth-order valence-electron chi connectivity index (χ4n) is 0.557. The quantitative estimate of drug-likeness (QED) is 0.385. The summed E-state index contributed by atoms with van der Waals surface area (Å²) in [5.74, 6) is -6.62. The van der Waals surface area contributed by atoms with Crippen LogP contribution in [-0.2, 0) is 4.74 Å². The minimum atomic E-state index is -5.67. The molecule has 0 spiro atoms. The van der Waals surface area contributed by atoms with Crippen LogP contribution >= 0.6 is 0 Å². The highest BCUT2D eigenvalue weighted by Crippen LogP contribution is 2.36. The largest absolute Gasteiger partial charge is 0.480 e. The van der Waals surface area contributed by atoms with Crippen molar-refractivity contribution in [1.29, 1.82) is 0 Å². The van der Waals surface area contributed by atoms with Gasteiger partial charge in [-0.3, -0.25) is 4.99 Å². The lowest BCUT2D eigenvalue weighted by atomic mass is 10.3. The summed E-state index contributed by atoms with van der Waals surface area (Å²) in [6.07, 6.45) is -5.67. The SMILES string of the molecule is CCN=C(OC)C(F)(F)C(F)(F)F. The second-order valence-electron chi connectivity index (χ2n) is 2.06. The number of hydrogen-bond acceptors (Lipinski definition) is 2. The maximum atomic E-state index is 12.4. The number of halogens is 5. The topological polar surface area (TPSA) is 21.6 Å². The zero-order valence-corrected chi connectivity index (χ0v) is 6.95. The molecule has 78 valence electrons. The van der Waals surface area contributed by atoms with Crippen LogP contribution in [0.5, 0.6) is 0 Å². The molecule has 7 heteroatoms. The maximum Gasteiger partial charge on any atom is 0.463 e. The Hall–Kier alpha value is -0.880. The average molecular weight is 205 g/mol. The van der Waals surface area contributed by atoms with Crippen LogP contribution in [0, 0.1) is 0 Å². The molecule has 0 bridgehead atoms. The van der Waals surface area contributed by atoms with E-state index in [9.17, 15) is 22.0 Å². The van der Waals surface area contributed by atoms with Crippen molar-refractivity contribution in [2.45, 2.75) is 19.0 Å². The molecule has 0 N–H and O–H groups in total. The van der Waals surface area contributed by atoms with Crippen LogP contribution in [0.4, 0.5) is 22.0 Å². The fourth-order valence-corrected chi connectivity index (χ4v) is 0.557. The third-order valence-corrected chi connectivity index (χ3v) is 1.12. The van der Waals surface area contributed by atoms with Gasteiger partial charge in [0.25, 0.3) is 5.90 Å². The van der Waals surface area contributed by atoms with Gasteiger partial charge < -0.3 is 4.74 Å². The monoisotopic (exact) mass is 205 g/mol. The van der Waals surface area contributed by atoms with Crippen molar-refractivity contribution in [2.75, 3.05) is 13.7 Å². The number of ether oxygens (including phenoxy) is 1. The van der Waals surface area contributed by atoms with Gasteiger partial charge in [0.15, 0.2) is 0 Å². The summed E-state index contributed by atoms with van der Waals surface area (Å²) in [4.78, 5) is 2.91. The van der Waals surface area contributed by atoms with Gasteiger partial charge in [-0.2, -0.15) is 22.0 Å². The van der Waals surface area contributed by atoms with Gasteiger partial charge in [0.1, 0.15) is 0 Å². The van der Waals surface area contributed by atoms with Crippen LogP contribution in [0.25, 0.3) is 0 Å². The summed E-state index contributed by atoms with van der Waals surface area (Å²) in [5.41, 5.74) is 0. The lowest BCUT2D eigenvalue weighted by Gasteiger charge is -2.19. The highest BCUT2D eigenvalue weighted by molar-refractivity contribution is 5.84. The Morgan fingerprint density at radius 1 is 1.23 bits per heavy atom. The van der Waals surface area contributed by atoms with Crippen LogP contribution in [0.3, 0.4) is 0 Å². The predicted molar refractivity (Wildman–Crippen MR) is 36.0 cm³/mol. The van der Waals surface area contributed by atoms with E-state index in [0.717, 1.165) is 0 Å². The second kappa shape index (κ2) is 3.89. The standard InChI is InChI=1S/C6H8F5NO/c1-3-12-4(13-2)5(7,8)6(9,10)11/h3H2,1-2H3. The third-order valence-electron chi connectivity index (χ3n) is 1.12. The predicted octanol–water partition coefficient (Wildman–Crippen LogP) is 2.25. The van der Waals surface area contributed by atoms with Crippen molar-refractivity contribution in [1.82, 2.24) is 0 Å². The highest BCUT2D eigenvalue weighted by Gasteiger charge is 2.62. The fraction of sp³-hybridized carbons (Fsp3) is 0.833. The summed E-state index contributed by atoms with van der Waals surface area (Å²) >= 11 is 0. The van der Waals surface area contributed by atoms with Crippen molar-refractivity contribution in [3.8, 4) is 0 Å². The molecular weight excluding hydrogens is 197 g/mol. The summed E-state index contributed by atoms with van der Waals surface area (Å²) in [6, 6.07) is 0. The normalized spacial score (nSPS) is 14.5. The van der Waals surface area contributed by atoms with Crippen molar-refractivity contribution < 1.29 is 26.7 Å². The zero-order chi connectivity index (χ0) is 10.7. The van der Waals surface area contributed by atoms with Crippen molar-refractivity contribution >= 4 is 5.90 Å². The molecule has 0 aliphatic carbocycles. The Bertz CT molecular complexity index is 198. The number of hydrogen-bond donors (Lipinski definition) is 0. The minimum Gasteiger partial charge on any atom is -0.480 e. The molecule has 0 saturated carbocycles. The van der Waals surface area contributed by atoms with Gasteiger partial charge in [-0.25, -0.2) is 0 Å². The molecule has 13 heavy (non-hydrogen) atoms. The molecule has 0 saturated heterocycles. The van der Waals surface area contributed by atoms with Gasteiger partial charge in [0.2, 0.25) is 0 Å². The van der Waals surface area contributed by atoms with E-state index in [1.807, 2.05) is 0 Å². The lowest BCUT2D eigenvalue weighted by Crippen LogP contribution is -2.45. The minimum absolute atomic E-state index is 0.200. The van der Waals surface area contributed by atoms with Crippen LogP contribution in [0.15, 0.2) is 4.99 Å². The molecule has 0 unspecified atom stereocenters. The molecule has 0 amide bonds. The molecular formula is C6H8F5NO. The van der Waals surface area contributed by atoms with Crippen LogP contribution in [0.1, 0.15) is 6.92 Å². The molecule has 0 radical (unpaired) electrons. The first-order valence-corrected chi connectivity index (χ1v) is 3.30. The first kappa shape index (κ1) is 12.1. The van der Waals surface area contributed by atoms with E-state index in [2.05, 4.69) is 9.73 Å². The van der Waals surface area contributed by atoms with Gasteiger partial charge in [-0.05, 0) is 6.92 Å². The first-order valence-electron chi connectivity index (χ1n) is 3.30. The number of methoxy groups -OCH3 is 1. The molecule has 0 aromatic heterocycles. The molecule has 0 fully saturated rings. The van der Waals surface area contributed by atoms with E-state index in [4.69, 9.17) is 0 Å². The first-order chi connectivity index (χ1) is 5.77. The van der Waals surface area contributed by atoms with Gasteiger partial charge in [0.05, 0.1) is 7.11 Å². The zero-order valence-electron chi connectivity index (χ0n) is 6.95. The van der Waals surface area contributed by atoms with E-state index in [-0.39, 0.29) is 6.54 Å². The molecule has 0 aromatic rings. The van der Waals surface area contributed by atoms with E-state index in [1.165, 1.54) is 6.92 Å². The van der Waals surface area contributed by atoms with E-state index in [0.29, 0.717) is 7.11 Å². The molecule has 0 aliphatic heterocycles. The summed E-state index contributed by atoms with van der Waals surface area (Å²) in [6.45, 7) is 1.13. The Morgan fingerprint density at radius 3 is 1.92 bits per heavy atom. The van der Waals surface area contributed by atoms with E-state index >= 15 is 0 Å². The molecule has 0 atom stereocenters. The van der Waals surface area contributed by atoms with E-state index < -0.39 is 18.0 Å². The van der Waals surface area contributed by atoms with E-state index in [1.54, 1.807) is 0 Å². The van der Waals surface area contributed by atoms with Crippen molar-refractivity contribution in [3.63, 3.8) is 0 Å². The summed E-state index contributed by atoms with van der Waals surface area (Å²) in [7, 11) is 0.716. The molecule has 2 nitrogen and oxygen atoms in total.